The number of nitrogens with zero attached hydrogens (tertiary/aromatic N) is 1. The van der Waals surface area contributed by atoms with Crippen LogP contribution >= 0.6 is 27.5 Å². The number of rotatable bonds is 1. The van der Waals surface area contributed by atoms with E-state index >= 15 is 0 Å². The van der Waals surface area contributed by atoms with Gasteiger partial charge in [0.15, 0.2) is 0 Å². The van der Waals surface area contributed by atoms with E-state index in [1.54, 1.807) is 0 Å². The fourth-order valence-corrected chi connectivity index (χ4v) is 2.99. The highest BCUT2D eigenvalue weighted by Crippen LogP contribution is 2.36. The SMILES string of the molecule is NC1CCCN(c2c(Cl)cc(F)cc2Br)C1=O. The molecule has 1 aliphatic heterocycles. The molecular weight excluding hydrogens is 310 g/mol. The maximum absolute atomic E-state index is 13.1. The number of benzene rings is 1. The van der Waals surface area contributed by atoms with Gasteiger partial charge < -0.3 is 10.6 Å². The standard InChI is InChI=1S/C11H11BrClFN2O/c12-7-4-6(14)5-8(13)10(7)16-3-1-2-9(15)11(16)17/h4-5,9H,1-3,15H2. The zero-order valence-corrected chi connectivity index (χ0v) is 11.3. The molecule has 2 rings (SSSR count). The molecule has 92 valence electrons. The second-order valence-electron chi connectivity index (χ2n) is 3.96. The molecule has 0 aliphatic carbocycles. The van der Waals surface area contributed by atoms with Gasteiger partial charge in [0.05, 0.1) is 16.8 Å². The maximum Gasteiger partial charge on any atom is 0.243 e. The van der Waals surface area contributed by atoms with Gasteiger partial charge in [-0.15, -0.1) is 0 Å². The number of carbonyl (C=O) groups excluding carboxylic acids is 1. The summed E-state index contributed by atoms with van der Waals surface area (Å²) in [6.45, 7) is 0.552. The summed E-state index contributed by atoms with van der Waals surface area (Å²) in [5, 5.41) is 0.208. The van der Waals surface area contributed by atoms with Gasteiger partial charge in [-0.1, -0.05) is 11.6 Å². The van der Waals surface area contributed by atoms with Crippen LogP contribution in [0.25, 0.3) is 0 Å². The van der Waals surface area contributed by atoms with Gasteiger partial charge in [-0.2, -0.15) is 0 Å². The molecule has 1 fully saturated rings. The first-order chi connectivity index (χ1) is 8.00. The van der Waals surface area contributed by atoms with Crippen molar-refractivity contribution in [2.75, 3.05) is 11.4 Å². The third-order valence-electron chi connectivity index (χ3n) is 2.73. The lowest BCUT2D eigenvalue weighted by atomic mass is 10.0. The number of anilines is 1. The van der Waals surface area contributed by atoms with Crippen LogP contribution in [0.15, 0.2) is 16.6 Å². The van der Waals surface area contributed by atoms with Gasteiger partial charge in [0.2, 0.25) is 5.91 Å². The molecule has 1 aliphatic rings. The van der Waals surface area contributed by atoms with Crippen LogP contribution < -0.4 is 10.6 Å². The van der Waals surface area contributed by atoms with Crippen molar-refractivity contribution in [3.8, 4) is 0 Å². The van der Waals surface area contributed by atoms with Crippen molar-refractivity contribution in [2.45, 2.75) is 18.9 Å². The van der Waals surface area contributed by atoms with Crippen LogP contribution in [0.1, 0.15) is 12.8 Å². The molecule has 0 radical (unpaired) electrons. The normalized spacial score (nSPS) is 20.8. The number of hydrogen-bond acceptors (Lipinski definition) is 2. The minimum Gasteiger partial charge on any atom is -0.320 e. The smallest absolute Gasteiger partial charge is 0.243 e. The number of nitrogens with two attached hydrogens (primary N) is 1. The van der Waals surface area contributed by atoms with E-state index in [-0.39, 0.29) is 10.9 Å². The molecular formula is C11H11BrClFN2O. The molecule has 1 heterocycles. The fraction of sp³-hybridized carbons (Fsp3) is 0.364. The Balaban J connectivity index is 2.43. The molecule has 1 saturated heterocycles. The van der Waals surface area contributed by atoms with Crippen molar-refractivity contribution < 1.29 is 9.18 Å². The van der Waals surface area contributed by atoms with Crippen molar-refractivity contribution in [3.63, 3.8) is 0 Å². The zero-order valence-electron chi connectivity index (χ0n) is 8.92. The monoisotopic (exact) mass is 320 g/mol. The number of amides is 1. The summed E-state index contributed by atoms with van der Waals surface area (Å²) < 4.78 is 13.6. The van der Waals surface area contributed by atoms with E-state index in [4.69, 9.17) is 17.3 Å². The second kappa shape index (κ2) is 4.92. The summed E-state index contributed by atoms with van der Waals surface area (Å²) >= 11 is 9.20. The molecule has 0 spiro atoms. The molecule has 17 heavy (non-hydrogen) atoms. The highest BCUT2D eigenvalue weighted by Gasteiger charge is 2.29. The summed E-state index contributed by atoms with van der Waals surface area (Å²) in [4.78, 5) is 13.5. The van der Waals surface area contributed by atoms with E-state index in [0.29, 0.717) is 23.1 Å². The molecule has 0 bridgehead atoms. The molecule has 1 aromatic carbocycles. The van der Waals surface area contributed by atoms with Gasteiger partial charge >= 0.3 is 0 Å². The van der Waals surface area contributed by atoms with Crippen LogP contribution in [0.3, 0.4) is 0 Å². The van der Waals surface area contributed by atoms with Gasteiger partial charge in [-0.25, -0.2) is 4.39 Å². The molecule has 0 aromatic heterocycles. The highest BCUT2D eigenvalue weighted by atomic mass is 79.9. The average Bonchev–Trinajstić information content (AvgIpc) is 2.23. The van der Waals surface area contributed by atoms with Crippen molar-refractivity contribution in [1.29, 1.82) is 0 Å². The van der Waals surface area contributed by atoms with E-state index in [0.717, 1.165) is 6.42 Å². The van der Waals surface area contributed by atoms with Gasteiger partial charge in [0.25, 0.3) is 0 Å². The zero-order chi connectivity index (χ0) is 12.6. The van der Waals surface area contributed by atoms with Crippen LogP contribution in [0.5, 0.6) is 0 Å². The fourth-order valence-electron chi connectivity index (χ4n) is 1.92. The summed E-state index contributed by atoms with van der Waals surface area (Å²) in [5.41, 5.74) is 6.21. The summed E-state index contributed by atoms with van der Waals surface area (Å²) in [6, 6.07) is 1.97. The molecule has 1 atom stereocenters. The Labute approximate surface area is 112 Å². The van der Waals surface area contributed by atoms with Crippen molar-refractivity contribution in [1.82, 2.24) is 0 Å². The number of hydrogen-bond donors (Lipinski definition) is 1. The van der Waals surface area contributed by atoms with E-state index in [1.807, 2.05) is 0 Å². The van der Waals surface area contributed by atoms with Crippen LogP contribution in [0.2, 0.25) is 5.02 Å². The second-order valence-corrected chi connectivity index (χ2v) is 5.22. The predicted molar refractivity (Wildman–Crippen MR) is 68.7 cm³/mol. The Morgan fingerprint density at radius 2 is 2.24 bits per heavy atom. The van der Waals surface area contributed by atoms with Crippen molar-refractivity contribution in [2.24, 2.45) is 5.73 Å². The van der Waals surface area contributed by atoms with Crippen molar-refractivity contribution >= 4 is 39.1 Å². The Hall–Kier alpha value is -0.650. The Morgan fingerprint density at radius 1 is 1.53 bits per heavy atom. The lowest BCUT2D eigenvalue weighted by Crippen LogP contribution is -2.48. The first-order valence-corrected chi connectivity index (χ1v) is 6.39. The molecule has 1 aromatic rings. The molecule has 0 saturated carbocycles. The summed E-state index contributed by atoms with van der Waals surface area (Å²) in [6.07, 6.45) is 1.48. The molecule has 6 heteroatoms. The minimum absolute atomic E-state index is 0.176. The predicted octanol–water partition coefficient (Wildman–Crippen LogP) is 2.70. The highest BCUT2D eigenvalue weighted by molar-refractivity contribution is 9.10. The molecule has 3 nitrogen and oxygen atoms in total. The van der Waals surface area contributed by atoms with E-state index < -0.39 is 11.9 Å². The molecule has 1 unspecified atom stereocenters. The lowest BCUT2D eigenvalue weighted by Gasteiger charge is -2.31. The number of halogens is 3. The van der Waals surface area contributed by atoms with Crippen LogP contribution in [0, 0.1) is 5.82 Å². The first kappa shape index (κ1) is 12.8. The summed E-state index contributed by atoms with van der Waals surface area (Å²) in [5.74, 6) is -0.621. The number of piperidine rings is 1. The minimum atomic E-state index is -0.503. The summed E-state index contributed by atoms with van der Waals surface area (Å²) in [7, 11) is 0. The Morgan fingerprint density at radius 3 is 2.88 bits per heavy atom. The van der Waals surface area contributed by atoms with Crippen LogP contribution in [0.4, 0.5) is 10.1 Å². The van der Waals surface area contributed by atoms with Gasteiger partial charge in [0.1, 0.15) is 5.82 Å². The lowest BCUT2D eigenvalue weighted by molar-refractivity contribution is -0.120. The maximum atomic E-state index is 13.1. The molecule has 1 amide bonds. The average molecular weight is 322 g/mol. The molecule has 2 N–H and O–H groups in total. The van der Waals surface area contributed by atoms with E-state index in [1.165, 1.54) is 17.0 Å². The van der Waals surface area contributed by atoms with Crippen LogP contribution in [-0.2, 0) is 4.79 Å². The topological polar surface area (TPSA) is 46.3 Å². The van der Waals surface area contributed by atoms with E-state index in [9.17, 15) is 9.18 Å². The largest absolute Gasteiger partial charge is 0.320 e. The third kappa shape index (κ3) is 2.46. The Kier molecular flexibility index (Phi) is 3.70. The van der Waals surface area contributed by atoms with Crippen LogP contribution in [-0.4, -0.2) is 18.5 Å². The van der Waals surface area contributed by atoms with Gasteiger partial charge in [0, 0.05) is 11.0 Å². The van der Waals surface area contributed by atoms with Gasteiger partial charge in [-0.3, -0.25) is 4.79 Å². The third-order valence-corrected chi connectivity index (χ3v) is 3.62. The quantitative estimate of drug-likeness (QED) is 0.864. The Bertz CT molecular complexity index is 446. The first-order valence-electron chi connectivity index (χ1n) is 5.22. The van der Waals surface area contributed by atoms with Crippen molar-refractivity contribution in [3.05, 3.63) is 27.4 Å². The van der Waals surface area contributed by atoms with Gasteiger partial charge in [-0.05, 0) is 40.9 Å². The number of carbonyl (C=O) groups is 1. The van der Waals surface area contributed by atoms with E-state index in [2.05, 4.69) is 15.9 Å².